The number of rotatable bonds is 3. The quantitative estimate of drug-likeness (QED) is 0.886. The summed E-state index contributed by atoms with van der Waals surface area (Å²) in [4.78, 5) is 0. The predicted octanol–water partition coefficient (Wildman–Crippen LogP) is 2.53. The van der Waals surface area contributed by atoms with Crippen molar-refractivity contribution in [3.63, 3.8) is 0 Å². The van der Waals surface area contributed by atoms with Gasteiger partial charge in [0.2, 0.25) is 0 Å². The zero-order valence-electron chi connectivity index (χ0n) is 8.96. The first kappa shape index (κ1) is 11.8. The summed E-state index contributed by atoms with van der Waals surface area (Å²) < 4.78 is 18.7. The number of benzene rings is 1. The van der Waals surface area contributed by atoms with Gasteiger partial charge in [0.15, 0.2) is 0 Å². The first-order chi connectivity index (χ1) is 7.68. The van der Waals surface area contributed by atoms with E-state index in [1.807, 2.05) is 0 Å². The molecule has 2 atom stereocenters. The Labute approximate surface area is 99.5 Å². The van der Waals surface area contributed by atoms with E-state index in [-0.39, 0.29) is 17.2 Å². The van der Waals surface area contributed by atoms with E-state index in [9.17, 15) is 4.39 Å². The molecule has 0 radical (unpaired) electrons. The van der Waals surface area contributed by atoms with E-state index in [1.54, 1.807) is 12.1 Å². The van der Waals surface area contributed by atoms with Gasteiger partial charge < -0.3 is 10.5 Å². The van der Waals surface area contributed by atoms with E-state index >= 15 is 0 Å². The van der Waals surface area contributed by atoms with Gasteiger partial charge in [0.1, 0.15) is 5.82 Å². The van der Waals surface area contributed by atoms with E-state index in [2.05, 4.69) is 0 Å². The van der Waals surface area contributed by atoms with Crippen LogP contribution in [0.1, 0.15) is 18.4 Å². The molecule has 88 valence electrons. The molecule has 16 heavy (non-hydrogen) atoms. The molecule has 1 aliphatic rings. The Balaban J connectivity index is 2.05. The molecule has 1 saturated heterocycles. The van der Waals surface area contributed by atoms with Gasteiger partial charge in [-0.05, 0) is 30.9 Å². The summed E-state index contributed by atoms with van der Waals surface area (Å²) in [7, 11) is 0. The molecule has 2 N–H and O–H groups in total. The third-order valence-electron chi connectivity index (χ3n) is 2.93. The molecule has 0 bridgehead atoms. The highest BCUT2D eigenvalue weighted by Crippen LogP contribution is 2.23. The molecule has 1 aromatic carbocycles. The molecule has 2 nitrogen and oxygen atoms in total. The summed E-state index contributed by atoms with van der Waals surface area (Å²) >= 11 is 5.87. The summed E-state index contributed by atoms with van der Waals surface area (Å²) in [6.07, 6.45) is 2.67. The van der Waals surface area contributed by atoms with Crippen LogP contribution in [0.25, 0.3) is 0 Å². The van der Waals surface area contributed by atoms with Crippen molar-refractivity contribution < 1.29 is 9.13 Å². The van der Waals surface area contributed by atoms with E-state index < -0.39 is 5.82 Å². The number of hydrogen-bond donors (Lipinski definition) is 1. The van der Waals surface area contributed by atoms with Gasteiger partial charge in [0.05, 0.1) is 11.1 Å². The average molecular weight is 244 g/mol. The minimum Gasteiger partial charge on any atom is -0.377 e. The van der Waals surface area contributed by atoms with Crippen molar-refractivity contribution >= 4 is 11.6 Å². The molecule has 0 aliphatic carbocycles. The molecule has 4 heteroatoms. The fourth-order valence-electron chi connectivity index (χ4n) is 2.03. The molecule has 1 heterocycles. The van der Waals surface area contributed by atoms with Crippen LogP contribution in [0.2, 0.25) is 5.02 Å². The standard InChI is InChI=1S/C12H15ClFNO/c13-12-8(3-1-4-9(12)14)7-10(15)11-5-2-6-16-11/h1,3-4,10-11H,2,5-7,15H2. The van der Waals surface area contributed by atoms with Gasteiger partial charge >= 0.3 is 0 Å². The lowest BCUT2D eigenvalue weighted by atomic mass is 10.0. The van der Waals surface area contributed by atoms with E-state index in [1.165, 1.54) is 6.07 Å². The third kappa shape index (κ3) is 2.54. The molecular formula is C12H15ClFNO. The van der Waals surface area contributed by atoms with Crippen molar-refractivity contribution in [3.05, 3.63) is 34.6 Å². The Kier molecular flexibility index (Phi) is 3.79. The summed E-state index contributed by atoms with van der Waals surface area (Å²) in [5, 5.41) is 0.177. The summed E-state index contributed by atoms with van der Waals surface area (Å²) in [5.74, 6) is -0.390. The molecule has 0 spiro atoms. The van der Waals surface area contributed by atoms with Crippen LogP contribution in [0.3, 0.4) is 0 Å². The van der Waals surface area contributed by atoms with E-state index in [4.69, 9.17) is 22.1 Å². The summed E-state index contributed by atoms with van der Waals surface area (Å²) in [6.45, 7) is 0.773. The summed E-state index contributed by atoms with van der Waals surface area (Å²) in [6, 6.07) is 4.70. The van der Waals surface area contributed by atoms with Gasteiger partial charge in [0, 0.05) is 12.6 Å². The third-order valence-corrected chi connectivity index (χ3v) is 3.35. The van der Waals surface area contributed by atoms with Crippen LogP contribution in [0.4, 0.5) is 4.39 Å². The maximum atomic E-state index is 13.2. The molecule has 2 unspecified atom stereocenters. The van der Waals surface area contributed by atoms with Crippen LogP contribution in [0.15, 0.2) is 18.2 Å². The Morgan fingerprint density at radius 3 is 3.06 bits per heavy atom. The van der Waals surface area contributed by atoms with Crippen LogP contribution in [0, 0.1) is 5.82 Å². The van der Waals surface area contributed by atoms with Gasteiger partial charge in [-0.25, -0.2) is 4.39 Å². The largest absolute Gasteiger partial charge is 0.377 e. The van der Waals surface area contributed by atoms with E-state index in [0.29, 0.717) is 6.42 Å². The maximum absolute atomic E-state index is 13.2. The molecule has 1 fully saturated rings. The van der Waals surface area contributed by atoms with Crippen LogP contribution in [0.5, 0.6) is 0 Å². The molecule has 0 saturated carbocycles. The smallest absolute Gasteiger partial charge is 0.142 e. The monoisotopic (exact) mass is 243 g/mol. The van der Waals surface area contributed by atoms with E-state index in [0.717, 1.165) is 25.0 Å². The topological polar surface area (TPSA) is 35.2 Å². The zero-order chi connectivity index (χ0) is 11.5. The second kappa shape index (κ2) is 5.13. The highest BCUT2D eigenvalue weighted by Gasteiger charge is 2.23. The highest BCUT2D eigenvalue weighted by molar-refractivity contribution is 6.31. The van der Waals surface area contributed by atoms with Crippen LogP contribution in [-0.4, -0.2) is 18.8 Å². The molecule has 1 aliphatic heterocycles. The number of hydrogen-bond acceptors (Lipinski definition) is 2. The van der Waals surface area contributed by atoms with Crippen molar-refractivity contribution in [2.24, 2.45) is 5.73 Å². The van der Waals surface area contributed by atoms with Crippen LogP contribution >= 0.6 is 11.6 Å². The molecule has 0 amide bonds. The first-order valence-electron chi connectivity index (χ1n) is 5.48. The summed E-state index contributed by atoms with van der Waals surface area (Å²) in [5.41, 5.74) is 6.78. The maximum Gasteiger partial charge on any atom is 0.142 e. The lowest BCUT2D eigenvalue weighted by molar-refractivity contribution is 0.0900. The Bertz CT molecular complexity index is 366. The highest BCUT2D eigenvalue weighted by atomic mass is 35.5. The Morgan fingerprint density at radius 2 is 2.38 bits per heavy atom. The normalized spacial score (nSPS) is 22.3. The number of ether oxygens (including phenoxy) is 1. The van der Waals surface area contributed by atoms with Gasteiger partial charge in [0.25, 0.3) is 0 Å². The fraction of sp³-hybridized carbons (Fsp3) is 0.500. The van der Waals surface area contributed by atoms with Crippen molar-refractivity contribution in [3.8, 4) is 0 Å². The van der Waals surface area contributed by atoms with Crippen molar-refractivity contribution in [2.45, 2.75) is 31.4 Å². The lowest BCUT2D eigenvalue weighted by Crippen LogP contribution is -2.36. The Hall–Kier alpha value is -0.640. The van der Waals surface area contributed by atoms with Gasteiger partial charge in [-0.1, -0.05) is 23.7 Å². The first-order valence-corrected chi connectivity index (χ1v) is 5.86. The fourth-order valence-corrected chi connectivity index (χ4v) is 2.23. The van der Waals surface area contributed by atoms with Gasteiger partial charge in [-0.3, -0.25) is 0 Å². The molecule has 2 rings (SSSR count). The number of nitrogens with two attached hydrogens (primary N) is 1. The van der Waals surface area contributed by atoms with Crippen LogP contribution in [-0.2, 0) is 11.2 Å². The van der Waals surface area contributed by atoms with Crippen molar-refractivity contribution in [1.82, 2.24) is 0 Å². The lowest BCUT2D eigenvalue weighted by Gasteiger charge is -2.19. The molecule has 1 aromatic rings. The zero-order valence-corrected chi connectivity index (χ0v) is 9.71. The molecule has 0 aromatic heterocycles. The number of halogens is 2. The Morgan fingerprint density at radius 1 is 1.56 bits per heavy atom. The van der Waals surface area contributed by atoms with Gasteiger partial charge in [-0.15, -0.1) is 0 Å². The minimum atomic E-state index is -0.390. The van der Waals surface area contributed by atoms with Crippen molar-refractivity contribution in [1.29, 1.82) is 0 Å². The van der Waals surface area contributed by atoms with Gasteiger partial charge in [-0.2, -0.15) is 0 Å². The average Bonchev–Trinajstić information content (AvgIpc) is 2.78. The molecular weight excluding hydrogens is 229 g/mol. The van der Waals surface area contributed by atoms with Crippen molar-refractivity contribution in [2.75, 3.05) is 6.61 Å². The predicted molar refractivity (Wildman–Crippen MR) is 62.1 cm³/mol. The second-order valence-electron chi connectivity index (χ2n) is 4.13. The minimum absolute atomic E-state index is 0.0827. The second-order valence-corrected chi connectivity index (χ2v) is 4.51. The SMILES string of the molecule is NC(Cc1cccc(F)c1Cl)C1CCCO1. The van der Waals surface area contributed by atoms with Crippen LogP contribution < -0.4 is 5.73 Å².